The smallest absolute Gasteiger partial charge is 0.329 e. The predicted molar refractivity (Wildman–Crippen MR) is 100 cm³/mol. The summed E-state index contributed by atoms with van der Waals surface area (Å²) in [6, 6.07) is 14.4. The van der Waals surface area contributed by atoms with Crippen LogP contribution in [0.5, 0.6) is 23.0 Å². The van der Waals surface area contributed by atoms with Crippen LogP contribution in [-0.4, -0.2) is 62.4 Å². The maximum atomic E-state index is 10.4. The number of para-hydroxylation sites is 4. The second kappa shape index (κ2) is 12.4. The van der Waals surface area contributed by atoms with E-state index in [1.54, 1.807) is 24.3 Å². The van der Waals surface area contributed by atoms with Gasteiger partial charge in [-0.1, -0.05) is 24.3 Å². The first-order valence-corrected chi connectivity index (χ1v) is 8.80. The number of ether oxygens (including phenoxy) is 5. The van der Waals surface area contributed by atoms with Crippen LogP contribution >= 0.6 is 0 Å². The van der Waals surface area contributed by atoms with Crippen molar-refractivity contribution in [3.8, 4) is 23.0 Å². The van der Waals surface area contributed by atoms with Crippen molar-refractivity contribution in [2.24, 2.45) is 0 Å². The van der Waals surface area contributed by atoms with Gasteiger partial charge in [0.1, 0.15) is 33.0 Å². The molecule has 152 valence electrons. The Morgan fingerprint density at radius 1 is 0.679 bits per heavy atom. The number of carboxylic acids is 1. The van der Waals surface area contributed by atoms with Crippen molar-refractivity contribution in [1.82, 2.24) is 0 Å². The highest BCUT2D eigenvalue weighted by Gasteiger charge is 2.07. The maximum Gasteiger partial charge on any atom is 0.329 e. The van der Waals surface area contributed by atoms with Crippen LogP contribution in [0.3, 0.4) is 0 Å². The zero-order valence-corrected chi connectivity index (χ0v) is 15.4. The molecule has 0 aliphatic rings. The molecule has 0 aliphatic heterocycles. The van der Waals surface area contributed by atoms with Gasteiger partial charge in [-0.3, -0.25) is 0 Å². The number of carboxylic acid groups (broad SMARTS) is 1. The first-order valence-electron chi connectivity index (χ1n) is 8.80. The van der Waals surface area contributed by atoms with E-state index in [-0.39, 0.29) is 46.2 Å². The number of hydrogen-bond acceptors (Lipinski definition) is 7. The van der Waals surface area contributed by atoms with Crippen LogP contribution in [0.4, 0.5) is 0 Å². The van der Waals surface area contributed by atoms with Crippen LogP contribution in [0.15, 0.2) is 48.5 Å². The molecule has 0 aliphatic carbocycles. The second-order valence-corrected chi connectivity index (χ2v) is 5.46. The van der Waals surface area contributed by atoms with E-state index in [1.165, 1.54) is 0 Å². The summed E-state index contributed by atoms with van der Waals surface area (Å²) >= 11 is 0. The second-order valence-electron chi connectivity index (χ2n) is 5.46. The van der Waals surface area contributed by atoms with Crippen molar-refractivity contribution in [3.63, 3.8) is 0 Å². The highest BCUT2D eigenvalue weighted by molar-refractivity contribution is 5.67. The van der Waals surface area contributed by atoms with Crippen LogP contribution in [-0.2, 0) is 9.53 Å². The molecule has 2 aromatic carbocycles. The first-order chi connectivity index (χ1) is 13.7. The van der Waals surface area contributed by atoms with Gasteiger partial charge in [0.15, 0.2) is 23.0 Å². The quantitative estimate of drug-likeness (QED) is 0.471. The monoisotopic (exact) mass is 392 g/mol. The Morgan fingerprint density at radius 3 is 1.46 bits per heavy atom. The molecule has 8 heteroatoms. The summed E-state index contributed by atoms with van der Waals surface area (Å²) < 4.78 is 27.3. The fourth-order valence-electron chi connectivity index (χ4n) is 2.21. The average molecular weight is 392 g/mol. The number of rotatable bonds is 14. The average Bonchev–Trinajstić information content (AvgIpc) is 2.70. The van der Waals surface area contributed by atoms with E-state index in [9.17, 15) is 4.79 Å². The van der Waals surface area contributed by atoms with Gasteiger partial charge in [0.05, 0.1) is 13.2 Å². The Balaban J connectivity index is 1.76. The topological polar surface area (TPSA) is 104 Å². The molecule has 8 nitrogen and oxygen atoms in total. The molecule has 2 N–H and O–H groups in total. The molecule has 0 fully saturated rings. The number of aliphatic hydroxyl groups is 1. The fourth-order valence-corrected chi connectivity index (χ4v) is 2.21. The Kier molecular flexibility index (Phi) is 9.46. The van der Waals surface area contributed by atoms with Gasteiger partial charge >= 0.3 is 5.97 Å². The van der Waals surface area contributed by atoms with Gasteiger partial charge in [-0.15, -0.1) is 0 Å². The van der Waals surface area contributed by atoms with E-state index in [0.29, 0.717) is 23.0 Å². The molecule has 2 aromatic rings. The molecule has 0 spiro atoms. The molecular weight excluding hydrogens is 368 g/mol. The third-order valence-electron chi connectivity index (χ3n) is 3.36. The van der Waals surface area contributed by atoms with Gasteiger partial charge in [0.2, 0.25) is 0 Å². The molecule has 0 unspecified atom stereocenters. The van der Waals surface area contributed by atoms with Crippen LogP contribution in [0.2, 0.25) is 0 Å². The summed E-state index contributed by atoms with van der Waals surface area (Å²) in [6.45, 7) is 0.698. The van der Waals surface area contributed by atoms with Gasteiger partial charge in [-0.05, 0) is 24.3 Å². The minimum atomic E-state index is -1.02. The first kappa shape index (κ1) is 21.3. The van der Waals surface area contributed by atoms with Crippen LogP contribution < -0.4 is 18.9 Å². The molecule has 0 heterocycles. The minimum absolute atomic E-state index is 0.0738. The standard InChI is InChI=1S/C20H24O8/c21-9-10-25-16-5-1-2-6-17(16)27-13-14-28-19-8-4-3-7-18(19)26-12-11-24-15-20(22)23/h1-8,21H,9-15H2,(H,22,23). The number of carbonyl (C=O) groups is 1. The summed E-state index contributed by atoms with van der Waals surface area (Å²) in [4.78, 5) is 10.4. The number of aliphatic hydroxyl groups excluding tert-OH is 1. The Hall–Kier alpha value is -2.97. The predicted octanol–water partition coefficient (Wildman–Crippen LogP) is 2.00. The highest BCUT2D eigenvalue weighted by atomic mass is 16.6. The third-order valence-corrected chi connectivity index (χ3v) is 3.36. The molecule has 2 rings (SSSR count). The zero-order valence-electron chi connectivity index (χ0n) is 15.4. The van der Waals surface area contributed by atoms with E-state index in [2.05, 4.69) is 0 Å². The lowest BCUT2D eigenvalue weighted by atomic mass is 10.3. The van der Waals surface area contributed by atoms with Crippen LogP contribution in [0.25, 0.3) is 0 Å². The maximum absolute atomic E-state index is 10.4. The molecule has 0 atom stereocenters. The van der Waals surface area contributed by atoms with E-state index < -0.39 is 5.97 Å². The van der Waals surface area contributed by atoms with E-state index >= 15 is 0 Å². The number of benzene rings is 2. The molecular formula is C20H24O8. The molecule has 0 aromatic heterocycles. The van der Waals surface area contributed by atoms with E-state index in [0.717, 1.165) is 0 Å². The summed E-state index contributed by atoms with van der Waals surface area (Å²) in [5.74, 6) is 1.19. The van der Waals surface area contributed by atoms with Gasteiger partial charge in [0.25, 0.3) is 0 Å². The molecule has 0 saturated heterocycles. The molecule has 0 radical (unpaired) electrons. The van der Waals surface area contributed by atoms with Crippen LogP contribution in [0, 0.1) is 0 Å². The van der Waals surface area contributed by atoms with Crippen molar-refractivity contribution >= 4 is 5.97 Å². The largest absolute Gasteiger partial charge is 0.487 e. The zero-order chi connectivity index (χ0) is 20.0. The summed E-state index contributed by atoms with van der Waals surface area (Å²) in [6.07, 6.45) is 0. The van der Waals surface area contributed by atoms with Gasteiger partial charge in [-0.2, -0.15) is 0 Å². The van der Waals surface area contributed by atoms with E-state index in [4.69, 9.17) is 33.9 Å². The number of hydrogen-bond donors (Lipinski definition) is 2. The third kappa shape index (κ3) is 7.73. The number of aliphatic carboxylic acids is 1. The molecule has 0 bridgehead atoms. The van der Waals surface area contributed by atoms with Crippen molar-refractivity contribution in [2.45, 2.75) is 0 Å². The van der Waals surface area contributed by atoms with Crippen molar-refractivity contribution in [3.05, 3.63) is 48.5 Å². The Labute approximate surface area is 163 Å². The molecule has 0 saturated carbocycles. The summed E-state index contributed by atoms with van der Waals surface area (Å²) in [7, 11) is 0. The lowest BCUT2D eigenvalue weighted by Crippen LogP contribution is -2.14. The van der Waals surface area contributed by atoms with Gasteiger partial charge in [0, 0.05) is 0 Å². The van der Waals surface area contributed by atoms with Crippen molar-refractivity contribution in [1.29, 1.82) is 0 Å². The van der Waals surface area contributed by atoms with Crippen LogP contribution in [0.1, 0.15) is 0 Å². The fraction of sp³-hybridized carbons (Fsp3) is 0.350. The van der Waals surface area contributed by atoms with Gasteiger partial charge < -0.3 is 33.9 Å². The normalized spacial score (nSPS) is 10.3. The summed E-state index contributed by atoms with van der Waals surface area (Å²) in [5.41, 5.74) is 0. The Bertz CT molecular complexity index is 719. The SMILES string of the molecule is O=C(O)COCCOc1ccccc1OCCOc1ccccc1OCCO. The van der Waals surface area contributed by atoms with Gasteiger partial charge in [-0.25, -0.2) is 4.79 Å². The van der Waals surface area contributed by atoms with Crippen molar-refractivity contribution in [2.75, 3.05) is 46.2 Å². The molecule has 28 heavy (non-hydrogen) atoms. The van der Waals surface area contributed by atoms with Crippen molar-refractivity contribution < 1.29 is 38.7 Å². The Morgan fingerprint density at radius 2 is 1.07 bits per heavy atom. The minimum Gasteiger partial charge on any atom is -0.487 e. The highest BCUT2D eigenvalue weighted by Crippen LogP contribution is 2.28. The molecule has 0 amide bonds. The lowest BCUT2D eigenvalue weighted by molar-refractivity contribution is -0.142. The summed E-state index contributed by atoms with van der Waals surface area (Å²) in [5, 5.41) is 17.4. The lowest BCUT2D eigenvalue weighted by Gasteiger charge is -2.14. The van der Waals surface area contributed by atoms with E-state index in [1.807, 2.05) is 24.3 Å².